The van der Waals surface area contributed by atoms with Crippen molar-refractivity contribution in [1.82, 2.24) is 14.7 Å². The molecule has 0 aliphatic carbocycles. The van der Waals surface area contributed by atoms with Crippen LogP contribution in [0.4, 0.5) is 5.69 Å². The van der Waals surface area contributed by atoms with Gasteiger partial charge in [-0.2, -0.15) is 5.10 Å². The van der Waals surface area contributed by atoms with Crippen LogP contribution in [0.2, 0.25) is 0 Å². The van der Waals surface area contributed by atoms with Crippen molar-refractivity contribution in [3.05, 3.63) is 54.7 Å². The Hall–Kier alpha value is -3.52. The summed E-state index contributed by atoms with van der Waals surface area (Å²) < 4.78 is 18.6. The molecule has 4 rings (SSSR count). The first-order valence-corrected chi connectivity index (χ1v) is 11.2. The van der Waals surface area contributed by atoms with Crippen molar-refractivity contribution in [2.45, 2.75) is 12.8 Å². The molecule has 8 nitrogen and oxygen atoms in total. The molecule has 1 aromatic heterocycles. The number of ether oxygens (including phenoxy) is 3. The summed E-state index contributed by atoms with van der Waals surface area (Å²) in [6.45, 7) is 3.71. The van der Waals surface area contributed by atoms with E-state index in [1.54, 1.807) is 42.3 Å². The fraction of sp³-hybridized carbons (Fsp3) is 0.360. The summed E-state index contributed by atoms with van der Waals surface area (Å²) in [6, 6.07) is 14.7. The fourth-order valence-electron chi connectivity index (χ4n) is 3.88. The maximum atomic E-state index is 12.5. The van der Waals surface area contributed by atoms with Crippen LogP contribution >= 0.6 is 0 Å². The number of rotatable bonds is 10. The van der Waals surface area contributed by atoms with Crippen molar-refractivity contribution < 1.29 is 19.0 Å². The van der Waals surface area contributed by atoms with Gasteiger partial charge in [-0.25, -0.2) is 0 Å². The topological polar surface area (TPSA) is 77.9 Å². The minimum atomic E-state index is -0.246. The standard InChI is InChI=1S/C25H30N4O4/c1-28-23(11-12-26-28)22-17-19(5-10-24(22)32-16-15-29-13-3-4-14-29)27-25(30)18-33-21-8-6-20(31-2)7-9-21/h5-12,17H,3-4,13-16,18H2,1-2H3,(H,27,30). The minimum absolute atomic E-state index is 0.0958. The minimum Gasteiger partial charge on any atom is -0.497 e. The van der Waals surface area contributed by atoms with E-state index >= 15 is 0 Å². The van der Waals surface area contributed by atoms with Gasteiger partial charge >= 0.3 is 0 Å². The third kappa shape index (κ3) is 6.04. The molecule has 1 N–H and O–H groups in total. The van der Waals surface area contributed by atoms with Gasteiger partial charge < -0.3 is 19.5 Å². The van der Waals surface area contributed by atoms with Crippen LogP contribution in [0.15, 0.2) is 54.7 Å². The van der Waals surface area contributed by atoms with Crippen molar-refractivity contribution in [2.24, 2.45) is 7.05 Å². The summed E-state index contributed by atoms with van der Waals surface area (Å²) in [5.41, 5.74) is 2.46. The molecule has 0 unspecified atom stereocenters. The third-order valence-corrected chi connectivity index (χ3v) is 5.65. The monoisotopic (exact) mass is 450 g/mol. The molecule has 0 radical (unpaired) electrons. The molecule has 174 valence electrons. The second kappa shape index (κ2) is 10.9. The molecule has 2 heterocycles. The molecule has 0 spiro atoms. The highest BCUT2D eigenvalue weighted by atomic mass is 16.5. The molecule has 1 amide bonds. The Morgan fingerprint density at radius 2 is 1.79 bits per heavy atom. The molecule has 1 fully saturated rings. The molecule has 3 aromatic rings. The zero-order valence-electron chi connectivity index (χ0n) is 19.1. The SMILES string of the molecule is COc1ccc(OCC(=O)Nc2ccc(OCCN3CCCC3)c(-c3ccnn3C)c2)cc1. The van der Waals surface area contributed by atoms with Crippen LogP contribution in [0.5, 0.6) is 17.2 Å². The molecule has 33 heavy (non-hydrogen) atoms. The Morgan fingerprint density at radius 1 is 1.03 bits per heavy atom. The van der Waals surface area contributed by atoms with E-state index in [4.69, 9.17) is 14.2 Å². The van der Waals surface area contributed by atoms with Crippen LogP contribution in [-0.2, 0) is 11.8 Å². The first-order chi connectivity index (χ1) is 16.1. The number of aromatic nitrogens is 2. The smallest absolute Gasteiger partial charge is 0.262 e. The van der Waals surface area contributed by atoms with Crippen LogP contribution in [0, 0.1) is 0 Å². The zero-order valence-corrected chi connectivity index (χ0v) is 19.1. The van der Waals surface area contributed by atoms with Crippen molar-refractivity contribution in [1.29, 1.82) is 0 Å². The average molecular weight is 451 g/mol. The second-order valence-electron chi connectivity index (χ2n) is 7.96. The van der Waals surface area contributed by atoms with Crippen molar-refractivity contribution in [3.8, 4) is 28.5 Å². The molecule has 0 saturated carbocycles. The summed E-state index contributed by atoms with van der Waals surface area (Å²) in [6.07, 6.45) is 4.27. The molecule has 1 aliphatic heterocycles. The van der Waals surface area contributed by atoms with Gasteiger partial charge in [-0.15, -0.1) is 0 Å². The van der Waals surface area contributed by atoms with Crippen LogP contribution in [0.25, 0.3) is 11.3 Å². The normalized spacial score (nSPS) is 13.6. The number of benzene rings is 2. The lowest BCUT2D eigenvalue weighted by Crippen LogP contribution is -2.25. The van der Waals surface area contributed by atoms with Crippen molar-refractivity contribution in [2.75, 3.05) is 45.3 Å². The van der Waals surface area contributed by atoms with E-state index in [1.807, 2.05) is 31.3 Å². The number of carbonyl (C=O) groups is 1. The first-order valence-electron chi connectivity index (χ1n) is 11.2. The van der Waals surface area contributed by atoms with E-state index < -0.39 is 0 Å². The number of carbonyl (C=O) groups excluding carboxylic acids is 1. The van der Waals surface area contributed by atoms with E-state index in [1.165, 1.54) is 12.8 Å². The number of likely N-dealkylation sites (tertiary alicyclic amines) is 1. The lowest BCUT2D eigenvalue weighted by atomic mass is 10.1. The predicted molar refractivity (Wildman–Crippen MR) is 127 cm³/mol. The molecule has 0 atom stereocenters. The van der Waals surface area contributed by atoms with Crippen LogP contribution in [0.3, 0.4) is 0 Å². The lowest BCUT2D eigenvalue weighted by molar-refractivity contribution is -0.118. The highest BCUT2D eigenvalue weighted by Gasteiger charge is 2.15. The Labute approximate surface area is 194 Å². The number of hydrogen-bond acceptors (Lipinski definition) is 6. The number of amides is 1. The van der Waals surface area contributed by atoms with E-state index in [0.29, 0.717) is 18.0 Å². The van der Waals surface area contributed by atoms with Crippen molar-refractivity contribution >= 4 is 11.6 Å². The first kappa shape index (κ1) is 22.7. The van der Waals surface area contributed by atoms with E-state index in [-0.39, 0.29) is 12.5 Å². The van der Waals surface area contributed by atoms with Gasteiger partial charge in [0, 0.05) is 31.0 Å². The maximum Gasteiger partial charge on any atom is 0.262 e. The molecule has 0 bridgehead atoms. The highest BCUT2D eigenvalue weighted by molar-refractivity contribution is 5.93. The second-order valence-corrected chi connectivity index (χ2v) is 7.96. The average Bonchev–Trinajstić information content (AvgIpc) is 3.50. The van der Waals surface area contributed by atoms with Gasteiger partial charge in [-0.1, -0.05) is 0 Å². The molecular formula is C25H30N4O4. The lowest BCUT2D eigenvalue weighted by Gasteiger charge is -2.17. The Bertz CT molecular complexity index is 1060. The summed E-state index contributed by atoms with van der Waals surface area (Å²) in [7, 11) is 3.49. The van der Waals surface area contributed by atoms with E-state index in [2.05, 4.69) is 15.3 Å². The van der Waals surface area contributed by atoms with E-state index in [9.17, 15) is 4.79 Å². The van der Waals surface area contributed by atoms with Crippen LogP contribution in [0.1, 0.15) is 12.8 Å². The predicted octanol–water partition coefficient (Wildman–Crippen LogP) is 3.59. The zero-order chi connectivity index (χ0) is 23.0. The summed E-state index contributed by atoms with van der Waals surface area (Å²) in [4.78, 5) is 14.9. The van der Waals surface area contributed by atoms with Crippen LogP contribution in [-0.4, -0.2) is 60.5 Å². The molecular weight excluding hydrogens is 420 g/mol. The third-order valence-electron chi connectivity index (χ3n) is 5.65. The molecule has 1 saturated heterocycles. The van der Waals surface area contributed by atoms with Gasteiger partial charge in [0.05, 0.1) is 12.8 Å². The number of aryl methyl sites for hydroxylation is 1. The van der Waals surface area contributed by atoms with Gasteiger partial charge in [0.2, 0.25) is 0 Å². The largest absolute Gasteiger partial charge is 0.497 e. The molecule has 8 heteroatoms. The number of anilines is 1. The number of nitrogens with one attached hydrogen (secondary N) is 1. The van der Waals surface area contributed by atoms with Gasteiger partial charge in [0.15, 0.2) is 6.61 Å². The van der Waals surface area contributed by atoms with E-state index in [0.717, 1.165) is 42.4 Å². The van der Waals surface area contributed by atoms with Gasteiger partial charge in [0.1, 0.15) is 23.9 Å². The number of hydrogen-bond donors (Lipinski definition) is 1. The molecule has 1 aliphatic rings. The highest BCUT2D eigenvalue weighted by Crippen LogP contribution is 2.32. The Morgan fingerprint density at radius 3 is 2.48 bits per heavy atom. The quantitative estimate of drug-likeness (QED) is 0.509. The number of methoxy groups -OCH3 is 1. The number of nitrogens with zero attached hydrogens (tertiary/aromatic N) is 3. The Kier molecular flexibility index (Phi) is 7.47. The fourth-order valence-corrected chi connectivity index (χ4v) is 3.88. The van der Waals surface area contributed by atoms with Gasteiger partial charge in [-0.3, -0.25) is 14.4 Å². The molecule has 2 aromatic carbocycles. The summed E-state index contributed by atoms with van der Waals surface area (Å²) in [5.74, 6) is 1.86. The van der Waals surface area contributed by atoms with Crippen molar-refractivity contribution in [3.63, 3.8) is 0 Å². The Balaban J connectivity index is 1.40. The maximum absolute atomic E-state index is 12.5. The summed E-state index contributed by atoms with van der Waals surface area (Å²) in [5, 5.41) is 7.18. The van der Waals surface area contributed by atoms with Crippen LogP contribution < -0.4 is 19.5 Å². The summed E-state index contributed by atoms with van der Waals surface area (Å²) >= 11 is 0. The van der Waals surface area contributed by atoms with Gasteiger partial charge in [0.25, 0.3) is 5.91 Å². The van der Waals surface area contributed by atoms with Gasteiger partial charge in [-0.05, 0) is 74.5 Å².